The largest absolute Gasteiger partial charge is 0.355 e. The number of unbranched alkanes of at least 4 members (excludes halogenated alkanes) is 1. The predicted molar refractivity (Wildman–Crippen MR) is 108 cm³/mol. The van der Waals surface area contributed by atoms with E-state index >= 15 is 0 Å². The van der Waals surface area contributed by atoms with Crippen molar-refractivity contribution in [2.24, 2.45) is 0 Å². The topological polar surface area (TPSA) is 52.7 Å². The molecule has 5 nitrogen and oxygen atoms in total. The highest BCUT2D eigenvalue weighted by molar-refractivity contribution is 8.00. The van der Waals surface area contributed by atoms with Gasteiger partial charge in [0.25, 0.3) is 0 Å². The van der Waals surface area contributed by atoms with Crippen LogP contribution in [0.5, 0.6) is 0 Å². The van der Waals surface area contributed by atoms with E-state index < -0.39 is 0 Å². The smallest absolute Gasteiger partial charge is 0.234 e. The van der Waals surface area contributed by atoms with Gasteiger partial charge >= 0.3 is 0 Å². The van der Waals surface area contributed by atoms with Crippen LogP contribution >= 0.6 is 11.8 Å². The monoisotopic (exact) mass is 377 g/mol. The first-order valence-corrected chi connectivity index (χ1v) is 10.4. The fourth-order valence-electron chi connectivity index (χ4n) is 3.01. The molecule has 0 bridgehead atoms. The molecule has 1 heterocycles. The lowest BCUT2D eigenvalue weighted by Crippen LogP contribution is -2.51. The number of rotatable bonds is 8. The summed E-state index contributed by atoms with van der Waals surface area (Å²) in [6.07, 6.45) is 2.10. The standard InChI is InChI=1S/C20H31N3O2S/c1-4-5-8-21-19(24)14-22-9-11-23(12-10-22)20(25)15-26-18-7-6-16(2)13-17(18)3/h6-7,13H,4-5,8-12,14-15H2,1-3H3,(H,21,24). The Morgan fingerprint density at radius 1 is 1.15 bits per heavy atom. The maximum absolute atomic E-state index is 12.5. The van der Waals surface area contributed by atoms with Gasteiger partial charge in [-0.3, -0.25) is 14.5 Å². The molecule has 0 spiro atoms. The average Bonchev–Trinajstić information content (AvgIpc) is 2.61. The van der Waals surface area contributed by atoms with Crippen LogP contribution in [-0.2, 0) is 9.59 Å². The third kappa shape index (κ3) is 6.65. The van der Waals surface area contributed by atoms with Crippen LogP contribution in [0.4, 0.5) is 0 Å². The number of thioether (sulfide) groups is 1. The van der Waals surface area contributed by atoms with Crippen LogP contribution in [0.3, 0.4) is 0 Å². The number of nitrogens with one attached hydrogen (secondary N) is 1. The number of nitrogens with zero attached hydrogens (tertiary/aromatic N) is 2. The zero-order valence-electron chi connectivity index (χ0n) is 16.2. The predicted octanol–water partition coefficient (Wildman–Crippen LogP) is 2.46. The minimum Gasteiger partial charge on any atom is -0.355 e. The summed E-state index contributed by atoms with van der Waals surface area (Å²) in [6, 6.07) is 6.33. The minimum absolute atomic E-state index is 0.0867. The number of aryl methyl sites for hydroxylation is 2. The van der Waals surface area contributed by atoms with Crippen LogP contribution in [0.1, 0.15) is 30.9 Å². The highest BCUT2D eigenvalue weighted by Crippen LogP contribution is 2.23. The van der Waals surface area contributed by atoms with Crippen molar-refractivity contribution in [2.45, 2.75) is 38.5 Å². The molecule has 144 valence electrons. The molecule has 1 aliphatic rings. The SMILES string of the molecule is CCCCNC(=O)CN1CCN(C(=O)CSc2ccc(C)cc2C)CC1. The van der Waals surface area contributed by atoms with E-state index in [4.69, 9.17) is 0 Å². The Bertz CT molecular complexity index is 613. The Balaban J connectivity index is 1.70. The van der Waals surface area contributed by atoms with Gasteiger partial charge in [-0.15, -0.1) is 11.8 Å². The molecule has 26 heavy (non-hydrogen) atoms. The quantitative estimate of drug-likeness (QED) is 0.559. The summed E-state index contributed by atoms with van der Waals surface area (Å²) in [7, 11) is 0. The van der Waals surface area contributed by atoms with Crippen molar-refractivity contribution in [1.82, 2.24) is 15.1 Å². The number of carbonyl (C=O) groups is 2. The van der Waals surface area contributed by atoms with Crippen molar-refractivity contribution in [3.63, 3.8) is 0 Å². The highest BCUT2D eigenvalue weighted by Gasteiger charge is 2.22. The second-order valence-electron chi connectivity index (χ2n) is 6.92. The Morgan fingerprint density at radius 3 is 2.54 bits per heavy atom. The van der Waals surface area contributed by atoms with Crippen LogP contribution in [-0.4, -0.2) is 66.6 Å². The maximum Gasteiger partial charge on any atom is 0.234 e. The molecule has 2 rings (SSSR count). The molecule has 1 saturated heterocycles. The summed E-state index contributed by atoms with van der Waals surface area (Å²) in [5.74, 6) is 0.743. The van der Waals surface area contributed by atoms with Gasteiger partial charge in [0.15, 0.2) is 0 Å². The van der Waals surface area contributed by atoms with Crippen LogP contribution in [0.2, 0.25) is 0 Å². The van der Waals surface area contributed by atoms with Crippen molar-refractivity contribution in [2.75, 3.05) is 45.0 Å². The van der Waals surface area contributed by atoms with E-state index in [0.29, 0.717) is 25.4 Å². The Labute approximate surface area is 161 Å². The van der Waals surface area contributed by atoms with E-state index in [1.165, 1.54) is 16.0 Å². The molecular formula is C20H31N3O2S. The van der Waals surface area contributed by atoms with Gasteiger partial charge in [-0.25, -0.2) is 0 Å². The first-order valence-electron chi connectivity index (χ1n) is 9.46. The first-order chi connectivity index (χ1) is 12.5. The van der Waals surface area contributed by atoms with Crippen LogP contribution in [0.25, 0.3) is 0 Å². The van der Waals surface area contributed by atoms with Crippen LogP contribution in [0.15, 0.2) is 23.1 Å². The van der Waals surface area contributed by atoms with Gasteiger partial charge in [0.1, 0.15) is 0 Å². The normalized spacial score (nSPS) is 15.1. The zero-order chi connectivity index (χ0) is 18.9. The molecule has 0 unspecified atom stereocenters. The fraction of sp³-hybridized carbons (Fsp3) is 0.600. The molecule has 2 amide bonds. The third-order valence-electron chi connectivity index (χ3n) is 4.63. The van der Waals surface area contributed by atoms with E-state index in [2.05, 4.69) is 49.2 Å². The van der Waals surface area contributed by atoms with Crippen LogP contribution in [0, 0.1) is 13.8 Å². The number of carbonyl (C=O) groups excluding carboxylic acids is 2. The lowest BCUT2D eigenvalue weighted by molar-refractivity contribution is -0.130. The minimum atomic E-state index is 0.0867. The molecule has 1 aromatic rings. The molecule has 0 atom stereocenters. The number of amides is 2. The second-order valence-corrected chi connectivity index (χ2v) is 7.94. The Kier molecular flexibility index (Phi) is 8.45. The molecule has 1 fully saturated rings. The summed E-state index contributed by atoms with van der Waals surface area (Å²) in [6.45, 7) is 10.4. The Morgan fingerprint density at radius 2 is 1.88 bits per heavy atom. The number of benzene rings is 1. The summed E-state index contributed by atoms with van der Waals surface area (Å²) in [5.41, 5.74) is 2.47. The van der Waals surface area contributed by atoms with Crippen molar-refractivity contribution in [3.05, 3.63) is 29.3 Å². The molecule has 1 aromatic carbocycles. The molecule has 6 heteroatoms. The summed E-state index contributed by atoms with van der Waals surface area (Å²) < 4.78 is 0. The number of piperazine rings is 1. The Hall–Kier alpha value is -1.53. The number of hydrogen-bond donors (Lipinski definition) is 1. The molecule has 0 aromatic heterocycles. The highest BCUT2D eigenvalue weighted by atomic mass is 32.2. The summed E-state index contributed by atoms with van der Waals surface area (Å²) >= 11 is 1.61. The fourth-order valence-corrected chi connectivity index (χ4v) is 3.92. The summed E-state index contributed by atoms with van der Waals surface area (Å²) in [4.78, 5) is 29.6. The van der Waals surface area contributed by atoms with Gasteiger partial charge in [-0.1, -0.05) is 31.0 Å². The van der Waals surface area contributed by atoms with E-state index in [1.54, 1.807) is 11.8 Å². The second kappa shape index (κ2) is 10.6. The van der Waals surface area contributed by atoms with Crippen molar-refractivity contribution < 1.29 is 9.59 Å². The molecule has 0 radical (unpaired) electrons. The third-order valence-corrected chi connectivity index (χ3v) is 5.79. The van der Waals surface area contributed by atoms with Crippen molar-refractivity contribution in [3.8, 4) is 0 Å². The van der Waals surface area contributed by atoms with E-state index in [9.17, 15) is 9.59 Å². The van der Waals surface area contributed by atoms with Gasteiger partial charge in [0.2, 0.25) is 11.8 Å². The van der Waals surface area contributed by atoms with Crippen LogP contribution < -0.4 is 5.32 Å². The van der Waals surface area contributed by atoms with E-state index in [1.807, 2.05) is 4.90 Å². The summed E-state index contributed by atoms with van der Waals surface area (Å²) in [5, 5.41) is 2.95. The molecule has 0 aliphatic carbocycles. The van der Waals surface area contributed by atoms with Crippen molar-refractivity contribution in [1.29, 1.82) is 0 Å². The van der Waals surface area contributed by atoms with Gasteiger partial charge in [0.05, 0.1) is 12.3 Å². The first kappa shape index (κ1) is 20.8. The lowest BCUT2D eigenvalue weighted by atomic mass is 10.2. The molecule has 1 aliphatic heterocycles. The average molecular weight is 378 g/mol. The van der Waals surface area contributed by atoms with Gasteiger partial charge < -0.3 is 10.2 Å². The molecule has 1 N–H and O–H groups in total. The van der Waals surface area contributed by atoms with E-state index in [-0.39, 0.29) is 11.8 Å². The van der Waals surface area contributed by atoms with Gasteiger partial charge in [0, 0.05) is 37.6 Å². The van der Waals surface area contributed by atoms with Crippen molar-refractivity contribution >= 4 is 23.6 Å². The zero-order valence-corrected chi connectivity index (χ0v) is 17.0. The molecular weight excluding hydrogens is 346 g/mol. The number of hydrogen-bond acceptors (Lipinski definition) is 4. The van der Waals surface area contributed by atoms with Gasteiger partial charge in [-0.2, -0.15) is 0 Å². The molecule has 0 saturated carbocycles. The van der Waals surface area contributed by atoms with Gasteiger partial charge in [-0.05, 0) is 31.9 Å². The van der Waals surface area contributed by atoms with E-state index in [0.717, 1.165) is 32.5 Å². The lowest BCUT2D eigenvalue weighted by Gasteiger charge is -2.34. The maximum atomic E-state index is 12.5.